The number of nitrogens with zero attached hydrogens (tertiary/aromatic N) is 4. The minimum Gasteiger partial charge on any atom is -0.299 e. The van der Waals surface area contributed by atoms with E-state index in [-0.39, 0.29) is 23.1 Å². The molecule has 31 heavy (non-hydrogen) atoms. The van der Waals surface area contributed by atoms with Crippen LogP contribution in [-0.4, -0.2) is 121 Å². The van der Waals surface area contributed by atoms with Crippen LogP contribution in [0.5, 0.6) is 0 Å². The Hall–Kier alpha value is -1.48. The minimum atomic E-state index is 0.115. The first-order valence-electron chi connectivity index (χ1n) is 11.7. The lowest BCUT2D eigenvalue weighted by molar-refractivity contribution is -0.122. The number of Topliss-reactive ketones (excluding diaryl/α,β-unsaturated/α-hetero) is 4. The van der Waals surface area contributed by atoms with Crippen LogP contribution in [0.4, 0.5) is 0 Å². The second-order valence-electron chi connectivity index (χ2n) is 8.48. The van der Waals surface area contributed by atoms with Crippen LogP contribution in [0, 0.1) is 0 Å². The lowest BCUT2D eigenvalue weighted by Crippen LogP contribution is -2.49. The van der Waals surface area contributed by atoms with E-state index >= 15 is 0 Å². The minimum absolute atomic E-state index is 0.115. The third-order valence-corrected chi connectivity index (χ3v) is 5.76. The van der Waals surface area contributed by atoms with Gasteiger partial charge in [0, 0.05) is 71.6 Å². The molecule has 0 aromatic rings. The van der Waals surface area contributed by atoms with Crippen molar-refractivity contribution in [3.05, 3.63) is 0 Å². The van der Waals surface area contributed by atoms with Gasteiger partial charge < -0.3 is 0 Å². The van der Waals surface area contributed by atoms with E-state index in [2.05, 4.69) is 19.6 Å². The van der Waals surface area contributed by atoms with Gasteiger partial charge in [0.1, 0.15) is 23.1 Å². The number of carbonyl (C=O) groups is 4. The Morgan fingerprint density at radius 1 is 0.484 bits per heavy atom. The van der Waals surface area contributed by atoms with Crippen molar-refractivity contribution in [2.24, 2.45) is 0 Å². The summed E-state index contributed by atoms with van der Waals surface area (Å²) in [5, 5.41) is 0. The molecule has 0 atom stereocenters. The second kappa shape index (κ2) is 15.3. The molecule has 0 aromatic carbocycles. The molecule has 178 valence electrons. The molecule has 1 fully saturated rings. The Morgan fingerprint density at radius 2 is 0.710 bits per heavy atom. The van der Waals surface area contributed by atoms with Gasteiger partial charge in [-0.1, -0.05) is 20.8 Å². The molecule has 0 spiro atoms. The number of hydrogen-bond donors (Lipinski definition) is 0. The SMILES string of the molecule is CCC(=O)CN1CCN(CC(C)=O)CCN(CC(=O)CC)CCN(CC(=O)CC)CC1. The fraction of sp³-hybridized carbons (Fsp3) is 0.826. The van der Waals surface area contributed by atoms with Crippen LogP contribution in [-0.2, 0) is 19.2 Å². The molecule has 0 bridgehead atoms. The van der Waals surface area contributed by atoms with Crippen LogP contribution >= 0.6 is 0 Å². The highest BCUT2D eigenvalue weighted by Gasteiger charge is 2.20. The normalized spacial score (nSPS) is 18.8. The average Bonchev–Trinajstić information content (AvgIpc) is 2.74. The fourth-order valence-electron chi connectivity index (χ4n) is 3.61. The summed E-state index contributed by atoms with van der Waals surface area (Å²) >= 11 is 0. The average molecular weight is 439 g/mol. The Balaban J connectivity index is 2.96. The summed E-state index contributed by atoms with van der Waals surface area (Å²) in [5.41, 5.74) is 0. The summed E-state index contributed by atoms with van der Waals surface area (Å²) in [6.45, 7) is 14.4. The smallest absolute Gasteiger partial charge is 0.146 e. The van der Waals surface area contributed by atoms with Gasteiger partial charge in [0.25, 0.3) is 0 Å². The van der Waals surface area contributed by atoms with Crippen molar-refractivity contribution in [3.8, 4) is 0 Å². The monoisotopic (exact) mass is 438 g/mol. The van der Waals surface area contributed by atoms with Gasteiger partial charge in [0.2, 0.25) is 0 Å². The van der Waals surface area contributed by atoms with Gasteiger partial charge in [-0.3, -0.25) is 38.8 Å². The van der Waals surface area contributed by atoms with Gasteiger partial charge in [0.15, 0.2) is 0 Å². The van der Waals surface area contributed by atoms with Crippen LogP contribution < -0.4 is 0 Å². The molecule has 0 aliphatic carbocycles. The second-order valence-corrected chi connectivity index (χ2v) is 8.48. The quantitative estimate of drug-likeness (QED) is 0.467. The molecule has 1 rings (SSSR count). The summed E-state index contributed by atoms with van der Waals surface area (Å²) in [6, 6.07) is 0. The zero-order chi connectivity index (χ0) is 23.2. The highest BCUT2D eigenvalue weighted by molar-refractivity contribution is 5.81. The van der Waals surface area contributed by atoms with E-state index in [0.29, 0.717) is 97.8 Å². The van der Waals surface area contributed by atoms with Crippen molar-refractivity contribution in [3.63, 3.8) is 0 Å². The van der Waals surface area contributed by atoms with E-state index in [1.807, 2.05) is 20.8 Å². The zero-order valence-electron chi connectivity index (χ0n) is 20.0. The molecule has 0 unspecified atom stereocenters. The molecule has 0 N–H and O–H groups in total. The van der Waals surface area contributed by atoms with Crippen molar-refractivity contribution in [2.75, 3.05) is 78.5 Å². The number of carbonyl (C=O) groups excluding carboxylic acids is 4. The van der Waals surface area contributed by atoms with Crippen molar-refractivity contribution in [1.82, 2.24) is 19.6 Å². The molecule has 8 nitrogen and oxygen atoms in total. The highest BCUT2D eigenvalue weighted by atomic mass is 16.1. The van der Waals surface area contributed by atoms with Crippen LogP contribution in [0.2, 0.25) is 0 Å². The molecule has 8 heteroatoms. The first-order valence-corrected chi connectivity index (χ1v) is 11.7. The summed E-state index contributed by atoms with van der Waals surface area (Å²) < 4.78 is 0. The molecule has 0 amide bonds. The van der Waals surface area contributed by atoms with E-state index in [0.717, 1.165) is 0 Å². The summed E-state index contributed by atoms with van der Waals surface area (Å²) in [7, 11) is 0. The Bertz CT molecular complexity index is 562. The summed E-state index contributed by atoms with van der Waals surface area (Å²) in [6.07, 6.45) is 1.52. The molecular formula is C23H42N4O4. The summed E-state index contributed by atoms with van der Waals surface area (Å²) in [4.78, 5) is 56.6. The Kier molecular flexibility index (Phi) is 13.6. The molecule has 0 radical (unpaired) electrons. The highest BCUT2D eigenvalue weighted by Crippen LogP contribution is 2.03. The zero-order valence-corrected chi connectivity index (χ0v) is 20.0. The predicted octanol–water partition coefficient (Wildman–Crippen LogP) is 0.734. The predicted molar refractivity (Wildman–Crippen MR) is 122 cm³/mol. The Morgan fingerprint density at radius 3 is 0.903 bits per heavy atom. The topological polar surface area (TPSA) is 81.2 Å². The van der Waals surface area contributed by atoms with Crippen molar-refractivity contribution in [1.29, 1.82) is 0 Å². The summed E-state index contributed by atoms with van der Waals surface area (Å²) in [5.74, 6) is 0.715. The lowest BCUT2D eigenvalue weighted by Gasteiger charge is -2.33. The van der Waals surface area contributed by atoms with Gasteiger partial charge >= 0.3 is 0 Å². The van der Waals surface area contributed by atoms with Crippen LogP contribution in [0.3, 0.4) is 0 Å². The molecule has 0 saturated carbocycles. The fourth-order valence-corrected chi connectivity index (χ4v) is 3.61. The molecule has 0 aromatic heterocycles. The number of hydrogen-bond acceptors (Lipinski definition) is 8. The standard InChI is InChI=1S/C23H42N4O4/c1-5-21(29)17-25-10-8-24(16-20(4)28)9-11-26(18-22(30)6-2)13-15-27(14-12-25)19-23(31)7-3/h5-19H2,1-4H3. The third kappa shape index (κ3) is 12.2. The first-order chi connectivity index (χ1) is 14.8. The van der Waals surface area contributed by atoms with E-state index in [1.54, 1.807) is 6.92 Å². The van der Waals surface area contributed by atoms with E-state index in [9.17, 15) is 19.2 Å². The molecule has 1 heterocycles. The maximum atomic E-state index is 12.1. The first kappa shape index (κ1) is 27.6. The molecule has 1 saturated heterocycles. The van der Waals surface area contributed by atoms with E-state index in [4.69, 9.17) is 0 Å². The van der Waals surface area contributed by atoms with E-state index < -0.39 is 0 Å². The number of rotatable bonds is 11. The van der Waals surface area contributed by atoms with Crippen molar-refractivity contribution >= 4 is 23.1 Å². The molecular weight excluding hydrogens is 396 g/mol. The third-order valence-electron chi connectivity index (χ3n) is 5.76. The van der Waals surface area contributed by atoms with Gasteiger partial charge in [-0.25, -0.2) is 0 Å². The number of ketones is 4. The molecule has 1 aliphatic heterocycles. The maximum Gasteiger partial charge on any atom is 0.146 e. The van der Waals surface area contributed by atoms with Crippen LogP contribution in [0.15, 0.2) is 0 Å². The van der Waals surface area contributed by atoms with Crippen LogP contribution in [0.1, 0.15) is 47.0 Å². The van der Waals surface area contributed by atoms with Gasteiger partial charge in [-0.15, -0.1) is 0 Å². The van der Waals surface area contributed by atoms with Crippen LogP contribution in [0.25, 0.3) is 0 Å². The maximum absolute atomic E-state index is 12.1. The Labute approximate surface area is 187 Å². The largest absolute Gasteiger partial charge is 0.299 e. The van der Waals surface area contributed by atoms with Crippen molar-refractivity contribution in [2.45, 2.75) is 47.0 Å². The lowest BCUT2D eigenvalue weighted by atomic mass is 10.2. The van der Waals surface area contributed by atoms with Gasteiger partial charge in [-0.2, -0.15) is 0 Å². The van der Waals surface area contributed by atoms with Crippen molar-refractivity contribution < 1.29 is 19.2 Å². The van der Waals surface area contributed by atoms with Gasteiger partial charge in [0.05, 0.1) is 26.2 Å². The molecule has 1 aliphatic rings. The van der Waals surface area contributed by atoms with Gasteiger partial charge in [-0.05, 0) is 6.92 Å². The van der Waals surface area contributed by atoms with E-state index in [1.165, 1.54) is 0 Å².